The fraction of sp³-hybridized carbons (Fsp3) is 0.318. The van der Waals surface area contributed by atoms with Gasteiger partial charge in [0.1, 0.15) is 0 Å². The summed E-state index contributed by atoms with van der Waals surface area (Å²) >= 11 is 0. The second kappa shape index (κ2) is 9.28. The van der Waals surface area contributed by atoms with E-state index in [4.69, 9.17) is 4.98 Å². The minimum absolute atomic E-state index is 0.0424. The smallest absolute Gasteiger partial charge is 0.246 e. The van der Waals surface area contributed by atoms with E-state index in [1.165, 1.54) is 0 Å². The molecule has 28 heavy (non-hydrogen) atoms. The zero-order chi connectivity index (χ0) is 19.9. The van der Waals surface area contributed by atoms with Gasteiger partial charge < -0.3 is 10.6 Å². The van der Waals surface area contributed by atoms with E-state index in [1.807, 2.05) is 61.8 Å². The van der Waals surface area contributed by atoms with E-state index in [1.54, 1.807) is 4.52 Å². The lowest BCUT2D eigenvalue weighted by Crippen LogP contribution is -2.39. The van der Waals surface area contributed by atoms with Gasteiger partial charge in [0.2, 0.25) is 5.91 Å². The maximum absolute atomic E-state index is 12.3. The number of allylic oxidation sites excluding steroid dienone is 1. The highest BCUT2D eigenvalue weighted by Gasteiger charge is 2.09. The molecule has 0 aliphatic carbocycles. The fourth-order valence-electron chi connectivity index (χ4n) is 2.99. The van der Waals surface area contributed by atoms with E-state index in [0.29, 0.717) is 18.5 Å². The lowest BCUT2D eigenvalue weighted by Gasteiger charge is -2.13. The van der Waals surface area contributed by atoms with E-state index in [2.05, 4.69) is 29.6 Å². The summed E-state index contributed by atoms with van der Waals surface area (Å²) in [6.07, 6.45) is 6.27. The molecule has 0 bridgehead atoms. The zero-order valence-electron chi connectivity index (χ0n) is 16.6. The standard InChI is InChI=1S/C22H27N5O/c1-4-23-17(3)14-24-22(28)16(2)10-11-19-15-25-27-13-12-20(26-21(19)27)18-8-6-5-7-9-18/h5-10,12-13,15,17,23H,4,11,14H2,1-3H3,(H,24,28)/b16-10+. The van der Waals surface area contributed by atoms with Gasteiger partial charge in [-0.3, -0.25) is 4.79 Å². The maximum atomic E-state index is 12.3. The molecule has 1 amide bonds. The molecule has 6 heteroatoms. The monoisotopic (exact) mass is 377 g/mol. The highest BCUT2D eigenvalue weighted by atomic mass is 16.1. The molecule has 0 saturated heterocycles. The van der Waals surface area contributed by atoms with Crippen molar-refractivity contribution in [3.05, 3.63) is 66.0 Å². The van der Waals surface area contributed by atoms with Gasteiger partial charge in [-0.2, -0.15) is 5.10 Å². The Morgan fingerprint density at radius 2 is 2.04 bits per heavy atom. The number of amides is 1. The second-order valence-electron chi connectivity index (χ2n) is 6.88. The lowest BCUT2D eigenvalue weighted by molar-refractivity contribution is -0.117. The molecule has 3 rings (SSSR count). The van der Waals surface area contributed by atoms with Crippen LogP contribution in [-0.4, -0.2) is 39.6 Å². The Balaban J connectivity index is 1.71. The first-order valence-electron chi connectivity index (χ1n) is 9.65. The molecule has 3 aromatic rings. The molecule has 1 aromatic carbocycles. The zero-order valence-corrected chi connectivity index (χ0v) is 16.6. The summed E-state index contributed by atoms with van der Waals surface area (Å²) in [6.45, 7) is 7.44. The number of benzene rings is 1. The molecule has 2 aromatic heterocycles. The number of nitrogens with one attached hydrogen (secondary N) is 2. The number of carbonyl (C=O) groups excluding carboxylic acids is 1. The highest BCUT2D eigenvalue weighted by Crippen LogP contribution is 2.19. The molecule has 0 aliphatic rings. The molecule has 146 valence electrons. The molecule has 0 radical (unpaired) electrons. The summed E-state index contributed by atoms with van der Waals surface area (Å²) in [7, 11) is 0. The van der Waals surface area contributed by atoms with Crippen LogP contribution in [-0.2, 0) is 11.2 Å². The number of likely N-dealkylation sites (N-methyl/N-ethyl adjacent to an activating group) is 1. The van der Waals surface area contributed by atoms with Crippen molar-refractivity contribution >= 4 is 11.6 Å². The summed E-state index contributed by atoms with van der Waals surface area (Å²) in [5.74, 6) is -0.0424. The third-order valence-electron chi connectivity index (χ3n) is 4.62. The van der Waals surface area contributed by atoms with Crippen LogP contribution in [0.15, 0.2) is 60.4 Å². The van der Waals surface area contributed by atoms with Crippen LogP contribution in [0.25, 0.3) is 16.9 Å². The summed E-state index contributed by atoms with van der Waals surface area (Å²) in [5, 5.41) is 10.6. The lowest BCUT2D eigenvalue weighted by atomic mass is 10.1. The summed E-state index contributed by atoms with van der Waals surface area (Å²) < 4.78 is 1.77. The van der Waals surface area contributed by atoms with Gasteiger partial charge in [-0.1, -0.05) is 43.3 Å². The number of hydrogen-bond acceptors (Lipinski definition) is 4. The Hall–Kier alpha value is -2.99. The van der Waals surface area contributed by atoms with Crippen molar-refractivity contribution < 1.29 is 4.79 Å². The molecular formula is C22H27N5O. The van der Waals surface area contributed by atoms with Crippen LogP contribution in [0.4, 0.5) is 0 Å². The first kappa shape index (κ1) is 19.8. The van der Waals surface area contributed by atoms with Gasteiger partial charge in [0, 0.05) is 35.5 Å². The molecule has 0 spiro atoms. The van der Waals surface area contributed by atoms with Gasteiger partial charge in [-0.15, -0.1) is 0 Å². The average molecular weight is 377 g/mol. The van der Waals surface area contributed by atoms with Crippen LogP contribution >= 0.6 is 0 Å². The fourth-order valence-corrected chi connectivity index (χ4v) is 2.99. The third-order valence-corrected chi connectivity index (χ3v) is 4.62. The topological polar surface area (TPSA) is 71.3 Å². The van der Waals surface area contributed by atoms with Gasteiger partial charge in [-0.05, 0) is 32.9 Å². The van der Waals surface area contributed by atoms with Crippen LogP contribution in [0.5, 0.6) is 0 Å². The minimum atomic E-state index is -0.0424. The first-order chi connectivity index (χ1) is 13.6. The Bertz CT molecular complexity index is 961. The summed E-state index contributed by atoms with van der Waals surface area (Å²) in [4.78, 5) is 17.0. The number of carbonyl (C=O) groups is 1. The quantitative estimate of drug-likeness (QED) is 0.592. The molecule has 0 fully saturated rings. The summed E-state index contributed by atoms with van der Waals surface area (Å²) in [5.41, 5.74) is 4.48. The molecule has 2 heterocycles. The van der Waals surface area contributed by atoms with E-state index < -0.39 is 0 Å². The van der Waals surface area contributed by atoms with Gasteiger partial charge in [-0.25, -0.2) is 9.50 Å². The Morgan fingerprint density at radius 1 is 1.25 bits per heavy atom. The van der Waals surface area contributed by atoms with Crippen molar-refractivity contribution in [1.29, 1.82) is 0 Å². The molecule has 1 atom stereocenters. The molecule has 6 nitrogen and oxygen atoms in total. The first-order valence-corrected chi connectivity index (χ1v) is 9.65. The van der Waals surface area contributed by atoms with Crippen LogP contribution < -0.4 is 10.6 Å². The van der Waals surface area contributed by atoms with Crippen molar-refractivity contribution in [2.45, 2.75) is 33.2 Å². The summed E-state index contributed by atoms with van der Waals surface area (Å²) in [6, 6.07) is 12.3. The van der Waals surface area contributed by atoms with E-state index in [0.717, 1.165) is 29.0 Å². The van der Waals surface area contributed by atoms with Crippen LogP contribution in [0.2, 0.25) is 0 Å². The highest BCUT2D eigenvalue weighted by molar-refractivity contribution is 5.92. The number of hydrogen-bond donors (Lipinski definition) is 2. The Kier molecular flexibility index (Phi) is 6.55. The SMILES string of the molecule is CCNC(C)CNC(=O)/C(C)=C/Cc1cnn2ccc(-c3ccccc3)nc12. The second-order valence-corrected chi connectivity index (χ2v) is 6.88. The maximum Gasteiger partial charge on any atom is 0.246 e. The number of nitrogens with zero attached hydrogens (tertiary/aromatic N) is 3. The van der Waals surface area contributed by atoms with Crippen LogP contribution in [0.1, 0.15) is 26.3 Å². The van der Waals surface area contributed by atoms with Gasteiger partial charge in [0.15, 0.2) is 5.65 Å². The Morgan fingerprint density at radius 3 is 2.79 bits per heavy atom. The largest absolute Gasteiger partial charge is 0.351 e. The number of aromatic nitrogens is 3. The molecule has 0 aliphatic heterocycles. The van der Waals surface area contributed by atoms with Crippen LogP contribution in [0.3, 0.4) is 0 Å². The van der Waals surface area contributed by atoms with Gasteiger partial charge in [0.25, 0.3) is 0 Å². The van der Waals surface area contributed by atoms with Crippen molar-refractivity contribution in [3.8, 4) is 11.3 Å². The molecule has 2 N–H and O–H groups in total. The molecule has 0 saturated carbocycles. The normalized spacial score (nSPS) is 12.9. The van der Waals surface area contributed by atoms with Crippen molar-refractivity contribution in [2.75, 3.05) is 13.1 Å². The van der Waals surface area contributed by atoms with E-state index in [9.17, 15) is 4.79 Å². The Labute approximate surface area is 165 Å². The number of fused-ring (bicyclic) bond motifs is 1. The van der Waals surface area contributed by atoms with Crippen LogP contribution in [0, 0.1) is 0 Å². The van der Waals surface area contributed by atoms with Gasteiger partial charge >= 0.3 is 0 Å². The van der Waals surface area contributed by atoms with Crippen molar-refractivity contribution in [3.63, 3.8) is 0 Å². The predicted octanol–water partition coefficient (Wildman–Crippen LogP) is 3.00. The van der Waals surface area contributed by atoms with Crippen molar-refractivity contribution in [2.24, 2.45) is 0 Å². The number of rotatable bonds is 8. The molecule has 1 unspecified atom stereocenters. The molecular weight excluding hydrogens is 350 g/mol. The third kappa shape index (κ3) is 4.84. The van der Waals surface area contributed by atoms with Gasteiger partial charge in [0.05, 0.1) is 11.9 Å². The van der Waals surface area contributed by atoms with E-state index >= 15 is 0 Å². The predicted molar refractivity (Wildman–Crippen MR) is 112 cm³/mol. The average Bonchev–Trinajstić information content (AvgIpc) is 3.13. The van der Waals surface area contributed by atoms with E-state index in [-0.39, 0.29) is 11.9 Å². The van der Waals surface area contributed by atoms with Crippen molar-refractivity contribution in [1.82, 2.24) is 25.2 Å². The minimum Gasteiger partial charge on any atom is -0.351 e.